The van der Waals surface area contributed by atoms with Crippen molar-refractivity contribution in [2.45, 2.75) is 33.2 Å². The van der Waals surface area contributed by atoms with Gasteiger partial charge in [0.25, 0.3) is 0 Å². The zero-order chi connectivity index (χ0) is 18.8. The minimum atomic E-state index is 0.675. The van der Waals surface area contributed by atoms with E-state index < -0.39 is 0 Å². The van der Waals surface area contributed by atoms with E-state index in [2.05, 4.69) is 28.1 Å². The number of rotatable bonds is 3. The van der Waals surface area contributed by atoms with Gasteiger partial charge in [0, 0.05) is 25.9 Å². The molecule has 0 unspecified atom stereocenters. The molecule has 27 heavy (non-hydrogen) atoms. The van der Waals surface area contributed by atoms with Crippen molar-refractivity contribution in [2.24, 2.45) is 0 Å². The Morgan fingerprint density at radius 2 is 1.89 bits per heavy atom. The highest BCUT2D eigenvalue weighted by Crippen LogP contribution is 2.21. The molecular weight excluding hydrogens is 336 g/mol. The van der Waals surface area contributed by atoms with Gasteiger partial charge in [0.1, 0.15) is 17.7 Å². The van der Waals surface area contributed by atoms with Gasteiger partial charge in [0.05, 0.1) is 17.8 Å². The molecule has 3 heterocycles. The van der Waals surface area contributed by atoms with Crippen LogP contribution in [0.5, 0.6) is 0 Å². The summed E-state index contributed by atoms with van der Waals surface area (Å²) in [5.41, 5.74) is 3.67. The second-order valence-corrected chi connectivity index (χ2v) is 6.94. The van der Waals surface area contributed by atoms with Gasteiger partial charge in [-0.3, -0.25) is 0 Å². The molecule has 1 aromatic carbocycles. The molecule has 1 aliphatic rings. The second-order valence-electron chi connectivity index (χ2n) is 6.94. The van der Waals surface area contributed by atoms with Crippen molar-refractivity contribution in [2.75, 3.05) is 18.0 Å². The van der Waals surface area contributed by atoms with Crippen LogP contribution in [0.4, 0.5) is 5.82 Å². The maximum atomic E-state index is 9.24. The fraction of sp³-hybridized carbons (Fsp3) is 0.333. The summed E-state index contributed by atoms with van der Waals surface area (Å²) in [6.45, 7) is 6.34. The van der Waals surface area contributed by atoms with E-state index in [0.29, 0.717) is 5.56 Å². The Labute approximate surface area is 159 Å². The summed E-state index contributed by atoms with van der Waals surface area (Å²) in [6.07, 6.45) is 1.60. The van der Waals surface area contributed by atoms with Gasteiger partial charge in [-0.05, 0) is 31.0 Å². The first-order chi connectivity index (χ1) is 13.1. The van der Waals surface area contributed by atoms with E-state index in [-0.39, 0.29) is 0 Å². The topological polar surface area (TPSA) is 70.6 Å². The first-order valence-electron chi connectivity index (χ1n) is 9.24. The van der Waals surface area contributed by atoms with Gasteiger partial charge >= 0.3 is 0 Å². The Bertz CT molecular complexity index is 951. The summed E-state index contributed by atoms with van der Waals surface area (Å²) in [6, 6.07) is 14.6. The minimum absolute atomic E-state index is 0.675. The van der Waals surface area contributed by atoms with Crippen molar-refractivity contribution >= 4 is 5.82 Å². The van der Waals surface area contributed by atoms with Gasteiger partial charge in [-0.15, -0.1) is 0 Å². The van der Waals surface area contributed by atoms with Crippen LogP contribution in [0, 0.1) is 25.2 Å². The molecule has 0 bridgehead atoms. The molecule has 6 heteroatoms. The molecule has 0 N–H and O–H groups in total. The first-order valence-corrected chi connectivity index (χ1v) is 9.24. The lowest BCUT2D eigenvalue weighted by Gasteiger charge is -2.22. The Balaban J connectivity index is 1.50. The molecular formula is C21H22N6. The zero-order valence-electron chi connectivity index (χ0n) is 15.7. The average Bonchev–Trinajstić information content (AvgIpc) is 2.93. The highest BCUT2D eigenvalue weighted by molar-refractivity contribution is 5.50. The van der Waals surface area contributed by atoms with Crippen molar-refractivity contribution in [1.29, 1.82) is 5.26 Å². The van der Waals surface area contributed by atoms with Crippen LogP contribution in [0.1, 0.15) is 34.0 Å². The fourth-order valence-corrected chi connectivity index (χ4v) is 3.58. The van der Waals surface area contributed by atoms with Crippen LogP contribution in [-0.4, -0.2) is 32.8 Å². The van der Waals surface area contributed by atoms with Crippen LogP contribution in [0.2, 0.25) is 0 Å². The Morgan fingerprint density at radius 1 is 1.07 bits per heavy atom. The molecule has 0 amide bonds. The Hall–Kier alpha value is -3.20. The molecule has 0 radical (unpaired) electrons. The Morgan fingerprint density at radius 3 is 2.63 bits per heavy atom. The minimum Gasteiger partial charge on any atom is -0.354 e. The van der Waals surface area contributed by atoms with Crippen LogP contribution in [-0.2, 0) is 19.4 Å². The standard InChI is InChI=1S/C21H22N6/c1-15-12-21(23-16(2)18(15)14-22)26-9-8-20-24-19(25-27(20)11-10-26)13-17-6-4-3-5-7-17/h3-7,12H,8-11,13H2,1-2H3. The third kappa shape index (κ3) is 3.54. The van der Waals surface area contributed by atoms with Gasteiger partial charge < -0.3 is 4.90 Å². The van der Waals surface area contributed by atoms with Crippen LogP contribution >= 0.6 is 0 Å². The van der Waals surface area contributed by atoms with E-state index in [9.17, 15) is 5.26 Å². The van der Waals surface area contributed by atoms with Gasteiger partial charge in [-0.1, -0.05) is 30.3 Å². The number of aryl methyl sites for hydroxylation is 2. The number of anilines is 1. The van der Waals surface area contributed by atoms with Crippen molar-refractivity contribution in [1.82, 2.24) is 19.7 Å². The molecule has 0 aliphatic carbocycles. The van der Waals surface area contributed by atoms with Crippen molar-refractivity contribution in [3.05, 3.63) is 70.4 Å². The van der Waals surface area contributed by atoms with E-state index in [1.807, 2.05) is 42.8 Å². The molecule has 3 aromatic rings. The number of fused-ring (bicyclic) bond motifs is 1. The summed E-state index contributed by atoms with van der Waals surface area (Å²) in [5.74, 6) is 2.85. The Kier molecular flexibility index (Phi) is 4.59. The van der Waals surface area contributed by atoms with Gasteiger partial charge in [0.2, 0.25) is 0 Å². The van der Waals surface area contributed by atoms with Crippen LogP contribution < -0.4 is 4.90 Å². The number of benzene rings is 1. The molecule has 0 saturated heterocycles. The van der Waals surface area contributed by atoms with Crippen molar-refractivity contribution < 1.29 is 0 Å². The highest BCUT2D eigenvalue weighted by atomic mass is 15.4. The fourth-order valence-electron chi connectivity index (χ4n) is 3.58. The molecule has 0 fully saturated rings. The summed E-state index contributed by atoms with van der Waals surface area (Å²) in [7, 11) is 0. The van der Waals surface area contributed by atoms with E-state index in [1.54, 1.807) is 0 Å². The molecule has 0 spiro atoms. The molecule has 136 valence electrons. The van der Waals surface area contributed by atoms with Crippen LogP contribution in [0.25, 0.3) is 0 Å². The van der Waals surface area contributed by atoms with Gasteiger partial charge in [0.15, 0.2) is 5.82 Å². The maximum absolute atomic E-state index is 9.24. The lowest BCUT2D eigenvalue weighted by atomic mass is 10.1. The first kappa shape index (κ1) is 17.2. The van der Waals surface area contributed by atoms with E-state index in [0.717, 1.165) is 61.2 Å². The quantitative estimate of drug-likeness (QED) is 0.720. The summed E-state index contributed by atoms with van der Waals surface area (Å²) >= 11 is 0. The van der Waals surface area contributed by atoms with Gasteiger partial charge in [-0.25, -0.2) is 14.6 Å². The lowest BCUT2D eigenvalue weighted by Crippen LogP contribution is -2.28. The smallest absolute Gasteiger partial charge is 0.155 e. The van der Waals surface area contributed by atoms with Gasteiger partial charge in [-0.2, -0.15) is 10.4 Å². The third-order valence-electron chi connectivity index (χ3n) is 5.00. The van der Waals surface area contributed by atoms with E-state index in [1.165, 1.54) is 5.56 Å². The normalized spacial score (nSPS) is 13.7. The van der Waals surface area contributed by atoms with Crippen LogP contribution in [0.3, 0.4) is 0 Å². The largest absolute Gasteiger partial charge is 0.354 e. The maximum Gasteiger partial charge on any atom is 0.155 e. The number of hydrogen-bond acceptors (Lipinski definition) is 5. The summed E-state index contributed by atoms with van der Waals surface area (Å²) in [4.78, 5) is 11.7. The van der Waals surface area contributed by atoms with Crippen LogP contribution in [0.15, 0.2) is 36.4 Å². The lowest BCUT2D eigenvalue weighted by molar-refractivity contribution is 0.603. The van der Waals surface area contributed by atoms with Crippen molar-refractivity contribution in [3.8, 4) is 6.07 Å². The number of nitriles is 1. The zero-order valence-corrected chi connectivity index (χ0v) is 15.7. The molecule has 4 rings (SSSR count). The second kappa shape index (κ2) is 7.20. The molecule has 0 atom stereocenters. The predicted molar refractivity (Wildman–Crippen MR) is 104 cm³/mol. The predicted octanol–water partition coefficient (Wildman–Crippen LogP) is 2.82. The summed E-state index contributed by atoms with van der Waals surface area (Å²) < 4.78 is 2.03. The SMILES string of the molecule is Cc1cc(N2CCc3nc(Cc4ccccc4)nn3CC2)nc(C)c1C#N. The molecule has 2 aromatic heterocycles. The number of hydrogen-bond donors (Lipinski definition) is 0. The van der Waals surface area contributed by atoms with E-state index >= 15 is 0 Å². The number of aromatic nitrogens is 4. The number of pyridine rings is 1. The molecule has 1 aliphatic heterocycles. The summed E-state index contributed by atoms with van der Waals surface area (Å²) in [5, 5.41) is 14.0. The third-order valence-corrected chi connectivity index (χ3v) is 5.00. The van der Waals surface area contributed by atoms with Crippen molar-refractivity contribution in [3.63, 3.8) is 0 Å². The molecule has 0 saturated carbocycles. The highest BCUT2D eigenvalue weighted by Gasteiger charge is 2.19. The average molecular weight is 358 g/mol. The number of nitrogens with zero attached hydrogens (tertiary/aromatic N) is 6. The monoisotopic (exact) mass is 358 g/mol. The van der Waals surface area contributed by atoms with E-state index in [4.69, 9.17) is 10.1 Å². The molecule has 6 nitrogen and oxygen atoms in total.